The average molecular weight is 308 g/mol. The lowest BCUT2D eigenvalue weighted by Crippen LogP contribution is -2.52. The number of hydrogen-bond acceptors (Lipinski definition) is 2. The summed E-state index contributed by atoms with van der Waals surface area (Å²) < 4.78 is 66.1. The summed E-state index contributed by atoms with van der Waals surface area (Å²) >= 11 is 0. The normalized spacial score (nSPS) is 22.2. The molecule has 0 aliphatic carbocycles. The summed E-state index contributed by atoms with van der Waals surface area (Å²) in [5.74, 6) is -12.1. The number of piperidine rings is 1. The van der Waals surface area contributed by atoms with E-state index in [1.807, 2.05) is 0 Å². The maximum Gasteiger partial charge on any atom is 0.257 e. The summed E-state index contributed by atoms with van der Waals surface area (Å²) in [7, 11) is 0. The molecule has 1 aliphatic heterocycles. The highest BCUT2D eigenvalue weighted by atomic mass is 19.2. The van der Waals surface area contributed by atoms with E-state index < -0.39 is 46.6 Å². The molecule has 1 saturated heterocycles. The number of hydrogen-bond donors (Lipinski definition) is 2. The second kappa shape index (κ2) is 5.97. The maximum atomic E-state index is 13.5. The fourth-order valence-electron chi connectivity index (χ4n) is 2.29. The van der Waals surface area contributed by atoms with Crippen LogP contribution < -0.4 is 10.6 Å². The van der Waals surface area contributed by atoms with E-state index in [0.29, 0.717) is 6.42 Å². The lowest BCUT2D eigenvalue weighted by Gasteiger charge is -2.30. The number of amides is 1. The van der Waals surface area contributed by atoms with Crippen molar-refractivity contribution in [3.63, 3.8) is 0 Å². The van der Waals surface area contributed by atoms with Crippen molar-refractivity contribution < 1.29 is 26.7 Å². The Morgan fingerprint density at radius 2 is 1.57 bits per heavy atom. The van der Waals surface area contributed by atoms with Crippen LogP contribution in [0, 0.1) is 29.1 Å². The van der Waals surface area contributed by atoms with E-state index in [-0.39, 0.29) is 6.04 Å². The molecule has 116 valence electrons. The second-order valence-electron chi connectivity index (χ2n) is 4.91. The number of benzene rings is 1. The molecular weight excluding hydrogens is 295 g/mol. The predicted octanol–water partition coefficient (Wildman–Crippen LogP) is 2.25. The van der Waals surface area contributed by atoms with E-state index >= 15 is 0 Å². The Morgan fingerprint density at radius 1 is 1.05 bits per heavy atom. The Labute approximate surface area is 117 Å². The lowest BCUT2D eigenvalue weighted by molar-refractivity contribution is 0.0908. The van der Waals surface area contributed by atoms with Crippen molar-refractivity contribution in [3.8, 4) is 0 Å². The van der Waals surface area contributed by atoms with Gasteiger partial charge >= 0.3 is 0 Å². The molecule has 0 saturated carbocycles. The highest BCUT2D eigenvalue weighted by Crippen LogP contribution is 2.23. The van der Waals surface area contributed by atoms with Crippen LogP contribution in [0.15, 0.2) is 0 Å². The van der Waals surface area contributed by atoms with Crippen molar-refractivity contribution in [1.29, 1.82) is 0 Å². The topological polar surface area (TPSA) is 41.1 Å². The van der Waals surface area contributed by atoms with E-state index in [0.717, 1.165) is 13.0 Å². The van der Waals surface area contributed by atoms with Gasteiger partial charge in [0.25, 0.3) is 5.91 Å². The molecule has 0 radical (unpaired) electrons. The summed E-state index contributed by atoms with van der Waals surface area (Å²) in [6.07, 6.45) is 1.28. The zero-order valence-corrected chi connectivity index (χ0v) is 11.1. The Balaban J connectivity index is 2.31. The van der Waals surface area contributed by atoms with Gasteiger partial charge in [0.1, 0.15) is 5.56 Å². The molecule has 1 fully saturated rings. The van der Waals surface area contributed by atoms with Crippen molar-refractivity contribution in [3.05, 3.63) is 34.6 Å². The van der Waals surface area contributed by atoms with Crippen LogP contribution in [0.1, 0.15) is 30.1 Å². The van der Waals surface area contributed by atoms with Crippen LogP contribution in [0.2, 0.25) is 0 Å². The molecule has 2 atom stereocenters. The molecule has 1 heterocycles. The van der Waals surface area contributed by atoms with E-state index in [9.17, 15) is 26.7 Å². The van der Waals surface area contributed by atoms with Gasteiger partial charge in [-0.05, 0) is 26.3 Å². The van der Waals surface area contributed by atoms with Crippen LogP contribution in [-0.2, 0) is 0 Å². The molecule has 2 rings (SSSR count). The number of carbonyl (C=O) groups is 1. The number of rotatable bonds is 2. The first-order valence-corrected chi connectivity index (χ1v) is 6.40. The number of halogens is 5. The van der Waals surface area contributed by atoms with Crippen LogP contribution in [0.5, 0.6) is 0 Å². The van der Waals surface area contributed by atoms with Crippen LogP contribution in [0.3, 0.4) is 0 Å². The standard InChI is InChI=1S/C13H13F5N2O/c1-5-6(3-2-4-19-5)20-13(21)7-8(14)10(16)12(18)11(17)9(7)15/h5-6,19H,2-4H2,1H3,(H,20,21). The first kappa shape index (κ1) is 15.7. The fraction of sp³-hybridized carbons (Fsp3) is 0.462. The van der Waals surface area contributed by atoms with Gasteiger partial charge in [0.05, 0.1) is 0 Å². The minimum absolute atomic E-state index is 0.163. The Kier molecular flexibility index (Phi) is 4.46. The van der Waals surface area contributed by atoms with Gasteiger partial charge in [0.15, 0.2) is 23.3 Å². The van der Waals surface area contributed by atoms with Crippen LogP contribution in [-0.4, -0.2) is 24.5 Å². The summed E-state index contributed by atoms with van der Waals surface area (Å²) in [5.41, 5.74) is -1.45. The van der Waals surface area contributed by atoms with Crippen LogP contribution >= 0.6 is 0 Å². The van der Waals surface area contributed by atoms with E-state index in [4.69, 9.17) is 0 Å². The molecular formula is C13H13F5N2O. The molecule has 21 heavy (non-hydrogen) atoms. The molecule has 1 aliphatic rings. The van der Waals surface area contributed by atoms with Gasteiger partial charge < -0.3 is 10.6 Å². The minimum atomic E-state index is -2.28. The summed E-state index contributed by atoms with van der Waals surface area (Å²) in [6, 6.07) is -0.606. The van der Waals surface area contributed by atoms with Crippen molar-refractivity contribution in [2.75, 3.05) is 6.54 Å². The van der Waals surface area contributed by atoms with Crippen LogP contribution in [0.25, 0.3) is 0 Å². The third-order valence-electron chi connectivity index (χ3n) is 3.52. The average Bonchev–Trinajstić information content (AvgIpc) is 2.46. The van der Waals surface area contributed by atoms with Crippen molar-refractivity contribution in [2.45, 2.75) is 31.8 Å². The summed E-state index contributed by atoms with van der Waals surface area (Å²) in [5, 5.41) is 5.34. The Bertz CT molecular complexity index is 549. The first-order chi connectivity index (χ1) is 9.84. The van der Waals surface area contributed by atoms with Crippen LogP contribution in [0.4, 0.5) is 22.0 Å². The van der Waals surface area contributed by atoms with Crippen molar-refractivity contribution in [2.24, 2.45) is 0 Å². The van der Waals surface area contributed by atoms with E-state index in [1.165, 1.54) is 0 Å². The van der Waals surface area contributed by atoms with Gasteiger partial charge in [0.2, 0.25) is 5.82 Å². The molecule has 0 aromatic heterocycles. The van der Waals surface area contributed by atoms with Crippen molar-refractivity contribution >= 4 is 5.91 Å². The monoisotopic (exact) mass is 308 g/mol. The van der Waals surface area contributed by atoms with E-state index in [1.54, 1.807) is 6.92 Å². The number of carbonyl (C=O) groups excluding carboxylic acids is 1. The van der Waals surface area contributed by atoms with Gasteiger partial charge in [0, 0.05) is 12.1 Å². The Hall–Kier alpha value is -1.70. The summed E-state index contributed by atoms with van der Waals surface area (Å²) in [6.45, 7) is 2.48. The SMILES string of the molecule is CC1NCCCC1NC(=O)c1c(F)c(F)c(F)c(F)c1F. The largest absolute Gasteiger partial charge is 0.348 e. The second-order valence-corrected chi connectivity index (χ2v) is 4.91. The van der Waals surface area contributed by atoms with E-state index in [2.05, 4.69) is 10.6 Å². The molecule has 2 unspecified atom stereocenters. The smallest absolute Gasteiger partial charge is 0.257 e. The molecule has 0 bridgehead atoms. The zero-order chi connectivity index (χ0) is 15.7. The van der Waals surface area contributed by atoms with Gasteiger partial charge in [-0.3, -0.25) is 4.79 Å². The van der Waals surface area contributed by atoms with Gasteiger partial charge in [-0.25, -0.2) is 22.0 Å². The molecule has 1 aromatic carbocycles. The Morgan fingerprint density at radius 3 is 2.10 bits per heavy atom. The van der Waals surface area contributed by atoms with Crippen molar-refractivity contribution in [1.82, 2.24) is 10.6 Å². The molecule has 2 N–H and O–H groups in total. The zero-order valence-electron chi connectivity index (χ0n) is 11.1. The third kappa shape index (κ3) is 2.85. The first-order valence-electron chi connectivity index (χ1n) is 6.40. The maximum absolute atomic E-state index is 13.5. The van der Waals surface area contributed by atoms with Gasteiger partial charge in [-0.1, -0.05) is 0 Å². The predicted molar refractivity (Wildman–Crippen MR) is 64.2 cm³/mol. The quantitative estimate of drug-likeness (QED) is 0.500. The molecule has 1 amide bonds. The molecule has 3 nitrogen and oxygen atoms in total. The highest BCUT2D eigenvalue weighted by Gasteiger charge is 2.31. The fourth-order valence-corrected chi connectivity index (χ4v) is 2.29. The molecule has 0 spiro atoms. The lowest BCUT2D eigenvalue weighted by atomic mass is 9.99. The number of nitrogens with one attached hydrogen (secondary N) is 2. The third-order valence-corrected chi connectivity index (χ3v) is 3.52. The van der Waals surface area contributed by atoms with Gasteiger partial charge in [-0.2, -0.15) is 0 Å². The highest BCUT2D eigenvalue weighted by molar-refractivity contribution is 5.95. The minimum Gasteiger partial charge on any atom is -0.348 e. The van der Waals surface area contributed by atoms with Gasteiger partial charge in [-0.15, -0.1) is 0 Å². The molecule has 1 aromatic rings. The molecule has 8 heteroatoms. The summed E-state index contributed by atoms with van der Waals surface area (Å²) in [4.78, 5) is 11.8.